The SMILES string of the molecule is CCOc1cccc(OCCOCCS(=O)(=O)Cl)c1. The van der Waals surface area contributed by atoms with Crippen molar-refractivity contribution >= 4 is 19.7 Å². The normalized spacial score (nSPS) is 11.3. The van der Waals surface area contributed by atoms with Gasteiger partial charge in [-0.25, -0.2) is 8.42 Å². The molecule has 1 aromatic rings. The fraction of sp³-hybridized carbons (Fsp3) is 0.500. The van der Waals surface area contributed by atoms with Crippen LogP contribution in [-0.2, 0) is 13.8 Å². The average molecular weight is 309 g/mol. The number of hydrogen-bond acceptors (Lipinski definition) is 5. The Balaban J connectivity index is 2.20. The summed E-state index contributed by atoms with van der Waals surface area (Å²) in [4.78, 5) is 0. The third kappa shape index (κ3) is 7.92. The fourth-order valence-electron chi connectivity index (χ4n) is 1.30. The van der Waals surface area contributed by atoms with Crippen LogP contribution >= 0.6 is 10.7 Å². The van der Waals surface area contributed by atoms with Crippen LogP contribution in [0.1, 0.15) is 6.92 Å². The highest BCUT2D eigenvalue weighted by atomic mass is 35.7. The summed E-state index contributed by atoms with van der Waals surface area (Å²) in [5, 5.41) is 0. The van der Waals surface area contributed by atoms with Crippen LogP contribution < -0.4 is 9.47 Å². The quantitative estimate of drug-likeness (QED) is 0.516. The Morgan fingerprint density at radius 3 is 2.42 bits per heavy atom. The second-order valence-electron chi connectivity index (χ2n) is 3.61. The summed E-state index contributed by atoms with van der Waals surface area (Å²) < 4.78 is 37.1. The number of halogens is 1. The van der Waals surface area contributed by atoms with E-state index < -0.39 is 9.05 Å². The topological polar surface area (TPSA) is 61.8 Å². The lowest BCUT2D eigenvalue weighted by atomic mass is 10.3. The molecule has 0 aliphatic rings. The summed E-state index contributed by atoms with van der Waals surface area (Å²) in [5.41, 5.74) is 0. The van der Waals surface area contributed by atoms with Crippen LogP contribution in [0.3, 0.4) is 0 Å². The lowest BCUT2D eigenvalue weighted by molar-refractivity contribution is 0.111. The van der Waals surface area contributed by atoms with Gasteiger partial charge in [0.15, 0.2) is 0 Å². The summed E-state index contributed by atoms with van der Waals surface area (Å²) in [5.74, 6) is 1.22. The Labute approximate surface area is 117 Å². The monoisotopic (exact) mass is 308 g/mol. The minimum Gasteiger partial charge on any atom is -0.494 e. The Morgan fingerprint density at radius 1 is 1.11 bits per heavy atom. The molecule has 1 rings (SSSR count). The third-order valence-corrected chi connectivity index (χ3v) is 3.20. The first kappa shape index (κ1) is 16.1. The molecule has 0 heterocycles. The molecule has 0 aliphatic heterocycles. The van der Waals surface area contributed by atoms with Gasteiger partial charge in [0.25, 0.3) is 0 Å². The van der Waals surface area contributed by atoms with Crippen molar-refractivity contribution in [2.24, 2.45) is 0 Å². The molecule has 0 N–H and O–H groups in total. The smallest absolute Gasteiger partial charge is 0.234 e. The number of ether oxygens (including phenoxy) is 3. The van der Waals surface area contributed by atoms with Gasteiger partial charge in [0, 0.05) is 16.7 Å². The van der Waals surface area contributed by atoms with E-state index in [1.807, 2.05) is 25.1 Å². The van der Waals surface area contributed by atoms with Crippen LogP contribution in [0.5, 0.6) is 11.5 Å². The minimum atomic E-state index is -3.49. The molecule has 0 unspecified atom stereocenters. The molecule has 1 aromatic carbocycles. The minimum absolute atomic E-state index is 0.0637. The van der Waals surface area contributed by atoms with Gasteiger partial charge in [-0.3, -0.25) is 0 Å². The van der Waals surface area contributed by atoms with Gasteiger partial charge in [-0.05, 0) is 19.1 Å². The van der Waals surface area contributed by atoms with Crippen LogP contribution in [0, 0.1) is 0 Å². The lowest BCUT2D eigenvalue weighted by Crippen LogP contribution is -2.12. The highest BCUT2D eigenvalue weighted by molar-refractivity contribution is 8.13. The van der Waals surface area contributed by atoms with Crippen LogP contribution in [0.15, 0.2) is 24.3 Å². The third-order valence-electron chi connectivity index (χ3n) is 2.08. The lowest BCUT2D eigenvalue weighted by Gasteiger charge is -2.08. The molecule has 0 saturated carbocycles. The zero-order valence-corrected chi connectivity index (χ0v) is 12.2. The summed E-state index contributed by atoms with van der Waals surface area (Å²) in [6.45, 7) is 3.20. The zero-order chi connectivity index (χ0) is 14.1. The molecule has 0 bridgehead atoms. The van der Waals surface area contributed by atoms with Crippen molar-refractivity contribution in [3.63, 3.8) is 0 Å². The number of benzene rings is 1. The molecule has 0 amide bonds. The van der Waals surface area contributed by atoms with Gasteiger partial charge in [-0.1, -0.05) is 6.07 Å². The maximum absolute atomic E-state index is 10.6. The molecule has 0 atom stereocenters. The van der Waals surface area contributed by atoms with Crippen molar-refractivity contribution in [3.05, 3.63) is 24.3 Å². The van der Waals surface area contributed by atoms with Crippen LogP contribution in [0.25, 0.3) is 0 Å². The van der Waals surface area contributed by atoms with Crippen LogP contribution in [0.4, 0.5) is 0 Å². The van der Waals surface area contributed by atoms with Gasteiger partial charge in [-0.2, -0.15) is 0 Å². The van der Waals surface area contributed by atoms with Crippen molar-refractivity contribution in [1.82, 2.24) is 0 Å². The molecule has 0 fully saturated rings. The molecule has 0 radical (unpaired) electrons. The summed E-state index contributed by atoms with van der Waals surface area (Å²) >= 11 is 0. The van der Waals surface area contributed by atoms with Gasteiger partial charge >= 0.3 is 0 Å². The maximum atomic E-state index is 10.6. The van der Waals surface area contributed by atoms with E-state index in [1.54, 1.807) is 6.07 Å². The van der Waals surface area contributed by atoms with Crippen molar-refractivity contribution in [2.75, 3.05) is 32.2 Å². The summed E-state index contributed by atoms with van der Waals surface area (Å²) in [7, 11) is 1.55. The van der Waals surface area contributed by atoms with E-state index in [0.717, 1.165) is 5.75 Å². The molecular weight excluding hydrogens is 292 g/mol. The summed E-state index contributed by atoms with van der Waals surface area (Å²) in [6.07, 6.45) is 0. The second-order valence-corrected chi connectivity index (χ2v) is 6.51. The van der Waals surface area contributed by atoms with Gasteiger partial charge in [0.05, 0.1) is 25.6 Å². The maximum Gasteiger partial charge on any atom is 0.234 e. The van der Waals surface area contributed by atoms with Crippen molar-refractivity contribution < 1.29 is 22.6 Å². The van der Waals surface area contributed by atoms with E-state index in [4.69, 9.17) is 24.9 Å². The van der Waals surface area contributed by atoms with Gasteiger partial charge in [0.2, 0.25) is 9.05 Å². The Bertz CT molecular complexity index is 475. The number of hydrogen-bond donors (Lipinski definition) is 0. The molecule has 108 valence electrons. The highest BCUT2D eigenvalue weighted by Crippen LogP contribution is 2.19. The fourth-order valence-corrected chi connectivity index (χ4v) is 1.81. The van der Waals surface area contributed by atoms with Crippen molar-refractivity contribution in [1.29, 1.82) is 0 Å². The zero-order valence-electron chi connectivity index (χ0n) is 10.7. The van der Waals surface area contributed by atoms with Crippen LogP contribution in [-0.4, -0.2) is 40.6 Å². The second kappa shape index (κ2) is 8.24. The van der Waals surface area contributed by atoms with Gasteiger partial charge in [0.1, 0.15) is 18.1 Å². The predicted molar refractivity (Wildman–Crippen MR) is 73.6 cm³/mol. The molecule has 5 nitrogen and oxygen atoms in total. The molecular formula is C12H17ClO5S. The van der Waals surface area contributed by atoms with Gasteiger partial charge < -0.3 is 14.2 Å². The molecule has 0 spiro atoms. The Hall–Kier alpha value is -0.980. The Kier molecular flexibility index (Phi) is 6.97. The molecule has 0 aromatic heterocycles. The first-order valence-electron chi connectivity index (χ1n) is 5.87. The molecule has 19 heavy (non-hydrogen) atoms. The first-order valence-corrected chi connectivity index (χ1v) is 8.35. The number of rotatable bonds is 9. The standard InChI is InChI=1S/C12H17ClO5S/c1-2-17-11-4-3-5-12(10-11)18-7-6-16-8-9-19(13,14)15/h3-5,10H,2,6-9H2,1H3. The van der Waals surface area contributed by atoms with E-state index in [2.05, 4.69) is 0 Å². The van der Waals surface area contributed by atoms with E-state index >= 15 is 0 Å². The van der Waals surface area contributed by atoms with Gasteiger partial charge in [-0.15, -0.1) is 0 Å². The predicted octanol–water partition coefficient (Wildman–Crippen LogP) is 2.05. The first-order chi connectivity index (χ1) is 9.01. The van der Waals surface area contributed by atoms with E-state index in [1.165, 1.54) is 0 Å². The van der Waals surface area contributed by atoms with E-state index in [0.29, 0.717) is 25.6 Å². The highest BCUT2D eigenvalue weighted by Gasteiger charge is 2.04. The van der Waals surface area contributed by atoms with Crippen molar-refractivity contribution in [2.45, 2.75) is 6.92 Å². The summed E-state index contributed by atoms with van der Waals surface area (Å²) in [6, 6.07) is 7.28. The largest absolute Gasteiger partial charge is 0.494 e. The van der Waals surface area contributed by atoms with E-state index in [-0.39, 0.29) is 12.4 Å². The average Bonchev–Trinajstić information content (AvgIpc) is 2.33. The molecule has 0 saturated heterocycles. The van der Waals surface area contributed by atoms with Crippen LogP contribution in [0.2, 0.25) is 0 Å². The van der Waals surface area contributed by atoms with E-state index in [9.17, 15) is 8.42 Å². The van der Waals surface area contributed by atoms with Crippen molar-refractivity contribution in [3.8, 4) is 11.5 Å². The molecule has 7 heteroatoms. The Morgan fingerprint density at radius 2 is 1.79 bits per heavy atom. The molecule has 0 aliphatic carbocycles.